The first-order chi connectivity index (χ1) is 13.5. The van der Waals surface area contributed by atoms with Crippen molar-refractivity contribution in [3.63, 3.8) is 0 Å². The van der Waals surface area contributed by atoms with E-state index in [0.29, 0.717) is 27.8 Å². The normalized spacial score (nSPS) is 10.6. The Morgan fingerprint density at radius 2 is 1.89 bits per heavy atom. The summed E-state index contributed by atoms with van der Waals surface area (Å²) in [7, 11) is 3.04. The number of hydrogen-bond donors (Lipinski definition) is 1. The molecule has 0 aliphatic carbocycles. The third-order valence-corrected chi connectivity index (χ3v) is 6.06. The van der Waals surface area contributed by atoms with Crippen LogP contribution in [-0.2, 0) is 5.75 Å². The Hall–Kier alpha value is -2.22. The summed E-state index contributed by atoms with van der Waals surface area (Å²) in [5.41, 5.74) is 2.09. The van der Waals surface area contributed by atoms with E-state index >= 15 is 0 Å². The van der Waals surface area contributed by atoms with Gasteiger partial charge in [-0.2, -0.15) is 0 Å². The number of carbonyl (C=O) groups is 1. The second kappa shape index (κ2) is 9.32. The van der Waals surface area contributed by atoms with Gasteiger partial charge < -0.3 is 14.8 Å². The van der Waals surface area contributed by atoms with Gasteiger partial charge in [-0.15, -0.1) is 23.1 Å². The molecule has 0 aliphatic heterocycles. The summed E-state index contributed by atoms with van der Waals surface area (Å²) >= 11 is 9.49. The lowest BCUT2D eigenvalue weighted by Crippen LogP contribution is -2.12. The zero-order valence-electron chi connectivity index (χ0n) is 15.6. The fourth-order valence-electron chi connectivity index (χ4n) is 2.49. The Balaban J connectivity index is 1.67. The second-order valence-corrected chi connectivity index (χ2v) is 8.33. The van der Waals surface area contributed by atoms with Crippen LogP contribution in [-0.4, -0.2) is 25.1 Å². The Kier molecular flexibility index (Phi) is 6.83. The molecule has 146 valence electrons. The maximum absolute atomic E-state index is 12.6. The lowest BCUT2D eigenvalue weighted by molar-refractivity contribution is 0.102. The first-order valence-electron chi connectivity index (χ1n) is 8.37. The van der Waals surface area contributed by atoms with Crippen molar-refractivity contribution < 1.29 is 14.3 Å². The minimum absolute atomic E-state index is 0.244. The standard InChI is InChI=1S/C20H19ClN2O3S2/c1-12-22-14(10-27-12)11-28-15-6-4-13(5-7-15)20(24)23-17-8-16(21)18(25-2)9-19(17)26-3/h4-10H,11H2,1-3H3,(H,23,24). The first kappa shape index (κ1) is 20.5. The molecule has 1 amide bonds. The number of nitrogens with zero attached hydrogens (tertiary/aromatic N) is 1. The van der Waals surface area contributed by atoms with E-state index in [0.717, 1.165) is 21.3 Å². The molecule has 0 aliphatic rings. The maximum Gasteiger partial charge on any atom is 0.255 e. The smallest absolute Gasteiger partial charge is 0.255 e. The Morgan fingerprint density at radius 1 is 1.18 bits per heavy atom. The molecule has 0 bridgehead atoms. The highest BCUT2D eigenvalue weighted by atomic mass is 35.5. The molecule has 1 N–H and O–H groups in total. The number of halogens is 1. The number of hydrogen-bond acceptors (Lipinski definition) is 6. The predicted octanol–water partition coefficient (Wildman–Crippen LogP) is 5.67. The van der Waals surface area contributed by atoms with Crippen molar-refractivity contribution in [2.75, 3.05) is 19.5 Å². The summed E-state index contributed by atoms with van der Waals surface area (Å²) in [5.74, 6) is 1.51. The van der Waals surface area contributed by atoms with Gasteiger partial charge in [-0.1, -0.05) is 11.6 Å². The van der Waals surface area contributed by atoms with Crippen molar-refractivity contribution in [2.24, 2.45) is 0 Å². The van der Waals surface area contributed by atoms with E-state index in [1.165, 1.54) is 14.2 Å². The molecular formula is C20H19ClN2O3S2. The van der Waals surface area contributed by atoms with Gasteiger partial charge >= 0.3 is 0 Å². The van der Waals surface area contributed by atoms with E-state index in [1.807, 2.05) is 19.1 Å². The SMILES string of the molecule is COc1cc(OC)c(NC(=O)c2ccc(SCc3csc(C)n3)cc2)cc1Cl. The molecule has 0 radical (unpaired) electrons. The molecule has 3 rings (SSSR count). The fraction of sp³-hybridized carbons (Fsp3) is 0.200. The summed E-state index contributed by atoms with van der Waals surface area (Å²) in [6.07, 6.45) is 0. The van der Waals surface area contributed by atoms with Gasteiger partial charge in [0.1, 0.15) is 11.5 Å². The molecule has 28 heavy (non-hydrogen) atoms. The number of nitrogens with one attached hydrogen (secondary N) is 1. The van der Waals surface area contributed by atoms with Crippen LogP contribution >= 0.6 is 34.7 Å². The lowest BCUT2D eigenvalue weighted by Gasteiger charge is -2.13. The van der Waals surface area contributed by atoms with E-state index < -0.39 is 0 Å². The maximum atomic E-state index is 12.6. The Labute approximate surface area is 177 Å². The molecule has 0 fully saturated rings. The number of rotatable bonds is 7. The molecule has 0 saturated heterocycles. The third-order valence-electron chi connectivity index (χ3n) is 3.89. The average molecular weight is 435 g/mol. The van der Waals surface area contributed by atoms with E-state index in [9.17, 15) is 4.79 Å². The Bertz CT molecular complexity index is 974. The van der Waals surface area contributed by atoms with Gasteiger partial charge in [0.15, 0.2) is 0 Å². The first-order valence-corrected chi connectivity index (χ1v) is 10.6. The molecule has 0 spiro atoms. The lowest BCUT2D eigenvalue weighted by atomic mass is 10.2. The topological polar surface area (TPSA) is 60.5 Å². The van der Waals surface area contributed by atoms with E-state index in [1.54, 1.807) is 47.4 Å². The largest absolute Gasteiger partial charge is 0.495 e. The molecule has 8 heteroatoms. The minimum Gasteiger partial charge on any atom is -0.495 e. The molecule has 1 heterocycles. The van der Waals surface area contributed by atoms with Crippen molar-refractivity contribution in [1.29, 1.82) is 0 Å². The van der Waals surface area contributed by atoms with Gasteiger partial charge in [0.05, 0.1) is 35.6 Å². The number of thioether (sulfide) groups is 1. The summed E-state index contributed by atoms with van der Waals surface area (Å²) in [6, 6.07) is 10.7. The minimum atomic E-state index is -0.244. The number of aromatic nitrogens is 1. The van der Waals surface area contributed by atoms with E-state index in [2.05, 4.69) is 15.7 Å². The molecule has 5 nitrogen and oxygen atoms in total. The predicted molar refractivity (Wildman–Crippen MR) is 115 cm³/mol. The van der Waals surface area contributed by atoms with Crippen molar-refractivity contribution >= 4 is 46.3 Å². The van der Waals surface area contributed by atoms with Gasteiger partial charge in [0.2, 0.25) is 0 Å². The van der Waals surface area contributed by atoms with Crippen molar-refractivity contribution in [1.82, 2.24) is 4.98 Å². The van der Waals surface area contributed by atoms with Crippen molar-refractivity contribution in [3.05, 3.63) is 63.1 Å². The van der Waals surface area contributed by atoms with Crippen molar-refractivity contribution in [3.8, 4) is 11.5 Å². The van der Waals surface area contributed by atoms with Crippen LogP contribution < -0.4 is 14.8 Å². The van der Waals surface area contributed by atoms with Crippen LogP contribution in [0.3, 0.4) is 0 Å². The highest BCUT2D eigenvalue weighted by molar-refractivity contribution is 7.98. The monoisotopic (exact) mass is 434 g/mol. The second-order valence-electron chi connectivity index (χ2n) is 5.81. The van der Waals surface area contributed by atoms with Crippen LogP contribution in [0.1, 0.15) is 21.1 Å². The van der Waals surface area contributed by atoms with Gasteiger partial charge in [-0.3, -0.25) is 4.79 Å². The van der Waals surface area contributed by atoms with Gasteiger partial charge in [0.25, 0.3) is 5.91 Å². The summed E-state index contributed by atoms with van der Waals surface area (Å²) in [5, 5.41) is 6.36. The third kappa shape index (κ3) is 4.98. The molecule has 0 unspecified atom stereocenters. The quantitative estimate of drug-likeness (QED) is 0.485. The highest BCUT2D eigenvalue weighted by Gasteiger charge is 2.14. The van der Waals surface area contributed by atoms with Crippen LogP contribution in [0.4, 0.5) is 5.69 Å². The molecule has 2 aromatic carbocycles. The van der Waals surface area contributed by atoms with E-state index in [4.69, 9.17) is 21.1 Å². The van der Waals surface area contributed by atoms with Crippen LogP contribution in [0, 0.1) is 6.92 Å². The Morgan fingerprint density at radius 3 is 2.50 bits per heavy atom. The number of methoxy groups -OCH3 is 2. The number of carbonyl (C=O) groups excluding carboxylic acids is 1. The molecule has 0 atom stereocenters. The highest BCUT2D eigenvalue weighted by Crippen LogP contribution is 2.36. The zero-order valence-corrected chi connectivity index (χ0v) is 18.0. The molecular weight excluding hydrogens is 416 g/mol. The van der Waals surface area contributed by atoms with Gasteiger partial charge in [0, 0.05) is 27.7 Å². The van der Waals surface area contributed by atoms with E-state index in [-0.39, 0.29) is 5.91 Å². The van der Waals surface area contributed by atoms with Crippen LogP contribution in [0.5, 0.6) is 11.5 Å². The van der Waals surface area contributed by atoms with Gasteiger partial charge in [-0.05, 0) is 37.3 Å². The number of amides is 1. The molecule has 3 aromatic rings. The number of ether oxygens (including phenoxy) is 2. The van der Waals surface area contributed by atoms with Crippen LogP contribution in [0.2, 0.25) is 5.02 Å². The molecule has 1 aromatic heterocycles. The summed E-state index contributed by atoms with van der Waals surface area (Å²) in [4.78, 5) is 18.1. The zero-order chi connectivity index (χ0) is 20.1. The number of anilines is 1. The number of aryl methyl sites for hydroxylation is 1. The van der Waals surface area contributed by atoms with Crippen molar-refractivity contribution in [2.45, 2.75) is 17.6 Å². The van der Waals surface area contributed by atoms with Gasteiger partial charge in [-0.25, -0.2) is 4.98 Å². The number of benzene rings is 2. The summed E-state index contributed by atoms with van der Waals surface area (Å²) < 4.78 is 10.5. The van der Waals surface area contributed by atoms with Crippen LogP contribution in [0.15, 0.2) is 46.7 Å². The average Bonchev–Trinajstić information content (AvgIpc) is 3.12. The van der Waals surface area contributed by atoms with Crippen LogP contribution in [0.25, 0.3) is 0 Å². The fourth-order valence-corrected chi connectivity index (χ4v) is 4.24. The molecule has 0 saturated carbocycles. The summed E-state index contributed by atoms with van der Waals surface area (Å²) in [6.45, 7) is 2.00. The number of thiazole rings is 1.